The topological polar surface area (TPSA) is 75.6 Å². The molecule has 4 rings (SSSR count). The van der Waals surface area contributed by atoms with Gasteiger partial charge >= 0.3 is 6.18 Å². The summed E-state index contributed by atoms with van der Waals surface area (Å²) in [6.45, 7) is 4.85. The van der Waals surface area contributed by atoms with Crippen LogP contribution in [0.1, 0.15) is 28.2 Å². The zero-order chi connectivity index (χ0) is 26.1. The Morgan fingerprint density at radius 2 is 1.64 bits per heavy atom. The number of anilines is 1. The Kier molecular flexibility index (Phi) is 7.24. The number of ether oxygens (including phenoxy) is 1. The summed E-state index contributed by atoms with van der Waals surface area (Å²) in [6, 6.07) is 11.5. The van der Waals surface area contributed by atoms with Crippen molar-refractivity contribution in [3.63, 3.8) is 0 Å². The van der Waals surface area contributed by atoms with Crippen LogP contribution in [-0.2, 0) is 22.6 Å². The first kappa shape index (κ1) is 25.9. The van der Waals surface area contributed by atoms with Crippen molar-refractivity contribution in [3.8, 4) is 5.75 Å². The van der Waals surface area contributed by atoms with E-state index in [1.807, 2.05) is 11.8 Å². The Morgan fingerprint density at radius 1 is 0.972 bits per heavy atom. The van der Waals surface area contributed by atoms with Crippen LogP contribution in [0.5, 0.6) is 5.75 Å². The molecule has 0 spiro atoms. The number of alkyl halides is 3. The summed E-state index contributed by atoms with van der Waals surface area (Å²) in [5, 5.41) is 0. The first-order valence-electron chi connectivity index (χ1n) is 11.4. The van der Waals surface area contributed by atoms with E-state index >= 15 is 0 Å². The molecule has 36 heavy (non-hydrogen) atoms. The Bertz CT molecular complexity index is 1340. The molecule has 1 aromatic heterocycles. The smallest absolute Gasteiger partial charge is 0.416 e. The summed E-state index contributed by atoms with van der Waals surface area (Å²) in [4.78, 5) is 11.2. The fourth-order valence-electron chi connectivity index (χ4n) is 4.29. The first-order chi connectivity index (χ1) is 17.0. The molecule has 0 N–H and O–H groups in total. The van der Waals surface area contributed by atoms with Crippen molar-refractivity contribution in [2.75, 3.05) is 38.2 Å². The Balaban J connectivity index is 1.56. The van der Waals surface area contributed by atoms with Crippen molar-refractivity contribution in [1.29, 1.82) is 0 Å². The number of aryl methyl sites for hydroxylation is 2. The normalized spacial score (nSPS) is 15.2. The van der Waals surface area contributed by atoms with E-state index in [4.69, 9.17) is 4.74 Å². The van der Waals surface area contributed by atoms with E-state index in [-0.39, 0.29) is 24.4 Å². The number of methoxy groups -OCH3 is 1. The lowest BCUT2D eigenvalue weighted by molar-refractivity contribution is -0.137. The molecule has 0 radical (unpaired) electrons. The second-order valence-electron chi connectivity index (χ2n) is 8.60. The summed E-state index contributed by atoms with van der Waals surface area (Å²) >= 11 is 0. The number of benzene rings is 2. The lowest BCUT2D eigenvalue weighted by atomic mass is 10.0. The zero-order valence-corrected chi connectivity index (χ0v) is 21.0. The van der Waals surface area contributed by atoms with Gasteiger partial charge in [0.2, 0.25) is 10.0 Å². The predicted molar refractivity (Wildman–Crippen MR) is 130 cm³/mol. The highest BCUT2D eigenvalue weighted by Gasteiger charge is 2.32. The molecule has 0 aliphatic carbocycles. The molecule has 1 aliphatic heterocycles. The summed E-state index contributed by atoms with van der Waals surface area (Å²) in [5.41, 5.74) is 1.21. The third-order valence-electron chi connectivity index (χ3n) is 6.17. The van der Waals surface area contributed by atoms with Crippen molar-refractivity contribution in [2.24, 2.45) is 0 Å². The van der Waals surface area contributed by atoms with Crippen LogP contribution in [0.2, 0.25) is 0 Å². The van der Waals surface area contributed by atoms with Gasteiger partial charge in [-0.3, -0.25) is 0 Å². The molecule has 1 fully saturated rings. The molecule has 0 amide bonds. The van der Waals surface area contributed by atoms with Crippen molar-refractivity contribution in [3.05, 3.63) is 76.7 Å². The van der Waals surface area contributed by atoms with E-state index in [0.717, 1.165) is 17.7 Å². The maximum absolute atomic E-state index is 13.2. The molecule has 11 heteroatoms. The number of hydrogen-bond donors (Lipinski definition) is 0. The number of piperazine rings is 1. The molecular formula is C25H27F3N4O3S. The number of aromatic nitrogens is 2. The van der Waals surface area contributed by atoms with Crippen LogP contribution in [0.25, 0.3) is 0 Å². The molecule has 192 valence electrons. The summed E-state index contributed by atoms with van der Waals surface area (Å²) < 4.78 is 72.4. The zero-order valence-electron chi connectivity index (χ0n) is 20.2. The lowest BCUT2D eigenvalue weighted by Gasteiger charge is -2.36. The van der Waals surface area contributed by atoms with E-state index in [1.54, 1.807) is 25.1 Å². The molecule has 0 bridgehead atoms. The molecule has 1 aliphatic rings. The van der Waals surface area contributed by atoms with Crippen LogP contribution in [0.3, 0.4) is 0 Å². The molecular weight excluding hydrogens is 493 g/mol. The minimum absolute atomic E-state index is 0.190. The lowest BCUT2D eigenvalue weighted by Crippen LogP contribution is -2.49. The average Bonchev–Trinajstić information content (AvgIpc) is 2.85. The Morgan fingerprint density at radius 3 is 2.25 bits per heavy atom. The van der Waals surface area contributed by atoms with Gasteiger partial charge in [-0.05, 0) is 49.7 Å². The molecule has 7 nitrogen and oxygen atoms in total. The van der Waals surface area contributed by atoms with Crippen LogP contribution in [0.4, 0.5) is 19.0 Å². The molecule has 0 unspecified atom stereocenters. The van der Waals surface area contributed by atoms with Gasteiger partial charge in [-0.15, -0.1) is 0 Å². The van der Waals surface area contributed by atoms with Gasteiger partial charge in [0.15, 0.2) is 0 Å². The first-order valence-corrected chi connectivity index (χ1v) is 12.8. The van der Waals surface area contributed by atoms with Gasteiger partial charge in [0.25, 0.3) is 0 Å². The van der Waals surface area contributed by atoms with Crippen LogP contribution >= 0.6 is 0 Å². The Labute approximate surface area is 208 Å². The number of rotatable bonds is 6. The molecule has 2 heterocycles. The quantitative estimate of drug-likeness (QED) is 0.485. The van der Waals surface area contributed by atoms with E-state index < -0.39 is 21.8 Å². The fraction of sp³-hybridized carbons (Fsp3) is 0.360. The second kappa shape index (κ2) is 10.1. The van der Waals surface area contributed by atoms with Crippen LogP contribution in [0.15, 0.2) is 53.4 Å². The molecule has 2 aromatic carbocycles. The second-order valence-corrected chi connectivity index (χ2v) is 10.5. The summed E-state index contributed by atoms with van der Waals surface area (Å²) in [5.74, 6) is 1.74. The Hall–Kier alpha value is -3.18. The van der Waals surface area contributed by atoms with Crippen molar-refractivity contribution >= 4 is 15.8 Å². The number of halogens is 3. The van der Waals surface area contributed by atoms with Gasteiger partial charge in [-0.25, -0.2) is 18.4 Å². The third-order valence-corrected chi connectivity index (χ3v) is 8.09. The maximum atomic E-state index is 13.2. The minimum Gasteiger partial charge on any atom is -0.497 e. The van der Waals surface area contributed by atoms with Crippen LogP contribution < -0.4 is 9.64 Å². The standard InChI is InChI=1S/C25H27F3N4O3S/c1-17-23(16-19-5-4-6-20(15-19)25(26,27)28)24(30-18(2)29-17)31-11-13-32(14-12-31)36(33,34)22-9-7-21(35-3)8-10-22/h4-10,15H,11-14,16H2,1-3H3. The summed E-state index contributed by atoms with van der Waals surface area (Å²) in [6.07, 6.45) is -4.20. The van der Waals surface area contributed by atoms with Crippen LogP contribution in [-0.4, -0.2) is 56.0 Å². The van der Waals surface area contributed by atoms with E-state index in [1.165, 1.54) is 29.6 Å². The van der Waals surface area contributed by atoms with Gasteiger partial charge in [0.05, 0.1) is 17.6 Å². The van der Waals surface area contributed by atoms with E-state index in [0.29, 0.717) is 41.7 Å². The van der Waals surface area contributed by atoms with Gasteiger partial charge in [-0.2, -0.15) is 17.5 Å². The predicted octanol–water partition coefficient (Wildman–Crippen LogP) is 4.22. The maximum Gasteiger partial charge on any atom is 0.416 e. The van der Waals surface area contributed by atoms with E-state index in [2.05, 4.69) is 9.97 Å². The van der Waals surface area contributed by atoms with Crippen LogP contribution in [0, 0.1) is 13.8 Å². The number of nitrogens with zero attached hydrogens (tertiary/aromatic N) is 4. The highest BCUT2D eigenvalue weighted by atomic mass is 32.2. The largest absolute Gasteiger partial charge is 0.497 e. The number of hydrogen-bond acceptors (Lipinski definition) is 6. The third kappa shape index (κ3) is 5.46. The van der Waals surface area contributed by atoms with E-state index in [9.17, 15) is 21.6 Å². The molecule has 3 aromatic rings. The fourth-order valence-corrected chi connectivity index (χ4v) is 5.71. The van der Waals surface area contributed by atoms with Crippen molar-refractivity contribution in [1.82, 2.24) is 14.3 Å². The molecule has 0 atom stereocenters. The van der Waals surface area contributed by atoms with Gasteiger partial charge in [0.1, 0.15) is 17.4 Å². The van der Waals surface area contributed by atoms with Gasteiger partial charge < -0.3 is 9.64 Å². The minimum atomic E-state index is -4.43. The monoisotopic (exact) mass is 520 g/mol. The SMILES string of the molecule is COc1ccc(S(=O)(=O)N2CCN(c3nc(C)nc(C)c3Cc3cccc(C(F)(F)F)c3)CC2)cc1. The van der Waals surface area contributed by atoms with Gasteiger partial charge in [0, 0.05) is 43.9 Å². The average molecular weight is 521 g/mol. The van der Waals surface area contributed by atoms with Gasteiger partial charge in [-0.1, -0.05) is 18.2 Å². The molecule has 1 saturated heterocycles. The molecule has 0 saturated carbocycles. The number of sulfonamides is 1. The van der Waals surface area contributed by atoms with Crippen molar-refractivity contribution < 1.29 is 26.3 Å². The highest BCUT2D eigenvalue weighted by molar-refractivity contribution is 7.89. The summed E-state index contributed by atoms with van der Waals surface area (Å²) in [7, 11) is -2.16. The van der Waals surface area contributed by atoms with Crippen molar-refractivity contribution in [2.45, 2.75) is 31.3 Å². The highest BCUT2D eigenvalue weighted by Crippen LogP contribution is 2.32.